The molecule has 0 aliphatic heterocycles. The van der Waals surface area contributed by atoms with Crippen molar-refractivity contribution in [2.24, 2.45) is 5.92 Å². The SMILES string of the molecule is CCc1c(C=O)nn(-c2ccccc2)c1CC(C)C. The third kappa shape index (κ3) is 2.75. The van der Waals surface area contributed by atoms with Gasteiger partial charge in [-0.05, 0) is 30.9 Å². The molecule has 0 bridgehead atoms. The van der Waals surface area contributed by atoms with Gasteiger partial charge in [-0.25, -0.2) is 4.68 Å². The molecule has 0 spiro atoms. The lowest BCUT2D eigenvalue weighted by Crippen LogP contribution is -2.06. The number of benzene rings is 1. The number of rotatable bonds is 5. The van der Waals surface area contributed by atoms with Crippen molar-refractivity contribution >= 4 is 6.29 Å². The van der Waals surface area contributed by atoms with E-state index in [0.29, 0.717) is 11.6 Å². The Balaban J connectivity index is 2.59. The van der Waals surface area contributed by atoms with Gasteiger partial charge < -0.3 is 0 Å². The van der Waals surface area contributed by atoms with Gasteiger partial charge in [0.05, 0.1) is 5.69 Å². The number of hydrogen-bond donors (Lipinski definition) is 0. The first-order valence-corrected chi connectivity index (χ1v) is 6.78. The summed E-state index contributed by atoms with van der Waals surface area (Å²) in [6.45, 7) is 6.44. The second-order valence-corrected chi connectivity index (χ2v) is 5.13. The van der Waals surface area contributed by atoms with Gasteiger partial charge in [0.25, 0.3) is 0 Å². The summed E-state index contributed by atoms with van der Waals surface area (Å²) in [7, 11) is 0. The molecule has 19 heavy (non-hydrogen) atoms. The van der Waals surface area contributed by atoms with E-state index in [1.807, 2.05) is 35.0 Å². The monoisotopic (exact) mass is 256 g/mol. The Labute approximate surface area is 114 Å². The van der Waals surface area contributed by atoms with E-state index in [-0.39, 0.29) is 0 Å². The Bertz CT molecular complexity index is 556. The van der Waals surface area contributed by atoms with E-state index in [2.05, 4.69) is 25.9 Å². The van der Waals surface area contributed by atoms with Crippen LogP contribution in [0.4, 0.5) is 0 Å². The lowest BCUT2D eigenvalue weighted by Gasteiger charge is -2.11. The van der Waals surface area contributed by atoms with E-state index in [1.54, 1.807) is 0 Å². The van der Waals surface area contributed by atoms with Crippen molar-refractivity contribution < 1.29 is 4.79 Å². The summed E-state index contributed by atoms with van der Waals surface area (Å²) in [5.41, 5.74) is 3.82. The van der Waals surface area contributed by atoms with Gasteiger partial charge >= 0.3 is 0 Å². The first-order chi connectivity index (χ1) is 9.17. The zero-order valence-corrected chi connectivity index (χ0v) is 11.8. The first-order valence-electron chi connectivity index (χ1n) is 6.78. The molecular weight excluding hydrogens is 236 g/mol. The molecule has 0 radical (unpaired) electrons. The van der Waals surface area contributed by atoms with Crippen molar-refractivity contribution in [1.29, 1.82) is 0 Å². The van der Waals surface area contributed by atoms with E-state index in [1.165, 1.54) is 0 Å². The maximum absolute atomic E-state index is 11.2. The first kappa shape index (κ1) is 13.5. The van der Waals surface area contributed by atoms with Crippen molar-refractivity contribution in [3.63, 3.8) is 0 Å². The smallest absolute Gasteiger partial charge is 0.170 e. The van der Waals surface area contributed by atoms with Crippen LogP contribution in [0.5, 0.6) is 0 Å². The van der Waals surface area contributed by atoms with Crippen LogP contribution >= 0.6 is 0 Å². The number of carbonyl (C=O) groups excluding carboxylic acids is 1. The Morgan fingerprint density at radius 2 is 1.95 bits per heavy atom. The number of aromatic nitrogens is 2. The Morgan fingerprint density at radius 1 is 1.26 bits per heavy atom. The highest BCUT2D eigenvalue weighted by molar-refractivity contribution is 5.75. The van der Waals surface area contributed by atoms with Crippen LogP contribution in [-0.4, -0.2) is 16.1 Å². The molecule has 0 aliphatic carbocycles. The number of hydrogen-bond acceptors (Lipinski definition) is 2. The molecular formula is C16H20N2O. The summed E-state index contributed by atoms with van der Waals surface area (Å²) in [4.78, 5) is 11.2. The normalized spacial score (nSPS) is 10.9. The van der Waals surface area contributed by atoms with Crippen molar-refractivity contribution in [2.75, 3.05) is 0 Å². The molecule has 0 N–H and O–H groups in total. The molecule has 0 fully saturated rings. The molecule has 1 aromatic heterocycles. The molecule has 0 aliphatic rings. The topological polar surface area (TPSA) is 34.9 Å². The zero-order chi connectivity index (χ0) is 13.8. The molecule has 3 heteroatoms. The van der Waals surface area contributed by atoms with Crippen molar-refractivity contribution in [2.45, 2.75) is 33.6 Å². The molecule has 0 saturated carbocycles. The average Bonchev–Trinajstić information content (AvgIpc) is 2.76. The van der Waals surface area contributed by atoms with Crippen LogP contribution in [-0.2, 0) is 12.8 Å². The fourth-order valence-electron chi connectivity index (χ4n) is 2.36. The lowest BCUT2D eigenvalue weighted by atomic mass is 10.0. The quantitative estimate of drug-likeness (QED) is 0.768. The van der Waals surface area contributed by atoms with Gasteiger partial charge in [-0.2, -0.15) is 5.10 Å². The minimum absolute atomic E-state index is 0.531. The molecule has 2 rings (SSSR count). The molecule has 0 unspecified atom stereocenters. The van der Waals surface area contributed by atoms with E-state index >= 15 is 0 Å². The third-order valence-corrected chi connectivity index (χ3v) is 3.19. The van der Waals surface area contributed by atoms with E-state index in [9.17, 15) is 4.79 Å². The van der Waals surface area contributed by atoms with Gasteiger partial charge in [-0.15, -0.1) is 0 Å². The highest BCUT2D eigenvalue weighted by Gasteiger charge is 2.17. The third-order valence-electron chi connectivity index (χ3n) is 3.19. The second kappa shape index (κ2) is 5.83. The predicted molar refractivity (Wildman–Crippen MR) is 76.9 cm³/mol. The molecule has 0 atom stereocenters. The van der Waals surface area contributed by atoms with Crippen LogP contribution in [0.1, 0.15) is 42.5 Å². The number of nitrogens with zero attached hydrogens (tertiary/aromatic N) is 2. The van der Waals surface area contributed by atoms with Gasteiger partial charge in [-0.1, -0.05) is 39.0 Å². The molecule has 0 amide bonds. The number of carbonyl (C=O) groups is 1. The van der Waals surface area contributed by atoms with E-state index in [0.717, 1.165) is 36.1 Å². The van der Waals surface area contributed by atoms with Crippen LogP contribution in [0.25, 0.3) is 5.69 Å². The fourth-order valence-corrected chi connectivity index (χ4v) is 2.36. The van der Waals surface area contributed by atoms with Crippen molar-refractivity contribution in [3.05, 3.63) is 47.3 Å². The largest absolute Gasteiger partial charge is 0.296 e. The molecule has 1 aromatic carbocycles. The van der Waals surface area contributed by atoms with Gasteiger partial charge in [0, 0.05) is 11.3 Å². The summed E-state index contributed by atoms with van der Waals surface area (Å²) in [5.74, 6) is 0.531. The summed E-state index contributed by atoms with van der Waals surface area (Å²) < 4.78 is 1.92. The van der Waals surface area contributed by atoms with Gasteiger partial charge in [0.15, 0.2) is 6.29 Å². The van der Waals surface area contributed by atoms with Crippen LogP contribution in [0.3, 0.4) is 0 Å². The minimum Gasteiger partial charge on any atom is -0.296 e. The predicted octanol–water partition coefficient (Wildman–Crippen LogP) is 3.45. The van der Waals surface area contributed by atoms with Gasteiger partial charge in [0.2, 0.25) is 0 Å². The van der Waals surface area contributed by atoms with E-state index < -0.39 is 0 Å². The summed E-state index contributed by atoms with van der Waals surface area (Å²) in [6.07, 6.45) is 2.63. The van der Waals surface area contributed by atoms with Crippen LogP contribution in [0, 0.1) is 5.92 Å². The molecule has 3 nitrogen and oxygen atoms in total. The van der Waals surface area contributed by atoms with Crippen molar-refractivity contribution in [1.82, 2.24) is 9.78 Å². The van der Waals surface area contributed by atoms with Gasteiger partial charge in [0.1, 0.15) is 5.69 Å². The van der Waals surface area contributed by atoms with Crippen LogP contribution < -0.4 is 0 Å². The summed E-state index contributed by atoms with van der Waals surface area (Å²) in [6, 6.07) is 10.00. The van der Waals surface area contributed by atoms with Crippen LogP contribution in [0.15, 0.2) is 30.3 Å². The molecule has 1 heterocycles. The maximum atomic E-state index is 11.2. The Hall–Kier alpha value is -1.90. The Kier molecular flexibility index (Phi) is 4.15. The van der Waals surface area contributed by atoms with E-state index in [4.69, 9.17) is 0 Å². The highest BCUT2D eigenvalue weighted by atomic mass is 16.1. The van der Waals surface area contributed by atoms with Crippen molar-refractivity contribution in [3.8, 4) is 5.69 Å². The number of para-hydroxylation sites is 1. The van der Waals surface area contributed by atoms with Crippen LogP contribution in [0.2, 0.25) is 0 Å². The standard InChI is InChI=1S/C16H20N2O/c1-4-14-15(11-19)17-18(16(14)10-12(2)3)13-8-6-5-7-9-13/h5-9,11-12H,4,10H2,1-3H3. The molecule has 100 valence electrons. The molecule has 0 saturated heterocycles. The lowest BCUT2D eigenvalue weighted by molar-refractivity contribution is 0.111. The fraction of sp³-hybridized carbons (Fsp3) is 0.375. The average molecular weight is 256 g/mol. The summed E-state index contributed by atoms with van der Waals surface area (Å²) in [5, 5.41) is 4.47. The second-order valence-electron chi connectivity index (χ2n) is 5.13. The minimum atomic E-state index is 0.531. The summed E-state index contributed by atoms with van der Waals surface area (Å²) >= 11 is 0. The zero-order valence-electron chi connectivity index (χ0n) is 11.8. The van der Waals surface area contributed by atoms with Gasteiger partial charge in [-0.3, -0.25) is 4.79 Å². The number of aldehydes is 1. The highest BCUT2D eigenvalue weighted by Crippen LogP contribution is 2.21. The molecule has 2 aromatic rings. The maximum Gasteiger partial charge on any atom is 0.170 e. The Morgan fingerprint density at radius 3 is 2.47 bits per heavy atom.